The van der Waals surface area contributed by atoms with E-state index in [1.165, 1.54) is 18.9 Å². The van der Waals surface area contributed by atoms with Gasteiger partial charge >= 0.3 is 5.97 Å². The highest BCUT2D eigenvalue weighted by atomic mass is 16.4. The maximum absolute atomic E-state index is 10.8. The van der Waals surface area contributed by atoms with E-state index in [0.29, 0.717) is 5.69 Å². The topological polar surface area (TPSA) is 78.6 Å². The van der Waals surface area contributed by atoms with Crippen LogP contribution in [-0.4, -0.2) is 42.2 Å². The standard InChI is InChI=1S/C13H19N3O2/c1-16(10-3-4-10)7-6-15-12-5-2-9(13(17)18)8-11(12)14/h2,5,8,10,15H,3-4,6-7,14H2,1H3,(H,17,18). The van der Waals surface area contributed by atoms with E-state index in [1.807, 2.05) is 0 Å². The molecule has 1 saturated carbocycles. The Bertz CT molecular complexity index is 444. The quantitative estimate of drug-likeness (QED) is 0.665. The van der Waals surface area contributed by atoms with Crippen molar-refractivity contribution < 1.29 is 9.90 Å². The van der Waals surface area contributed by atoms with Gasteiger partial charge in [0.05, 0.1) is 16.9 Å². The highest BCUT2D eigenvalue weighted by Crippen LogP contribution is 2.25. The average Bonchev–Trinajstić information content (AvgIpc) is 3.14. The van der Waals surface area contributed by atoms with Crippen LogP contribution in [0.3, 0.4) is 0 Å². The summed E-state index contributed by atoms with van der Waals surface area (Å²) in [6.07, 6.45) is 2.60. The van der Waals surface area contributed by atoms with E-state index in [9.17, 15) is 4.79 Å². The van der Waals surface area contributed by atoms with E-state index in [0.717, 1.165) is 24.8 Å². The summed E-state index contributed by atoms with van der Waals surface area (Å²) in [6.45, 7) is 1.77. The third-order valence-electron chi connectivity index (χ3n) is 3.25. The normalized spacial score (nSPS) is 14.8. The Hall–Kier alpha value is -1.75. The summed E-state index contributed by atoms with van der Waals surface area (Å²) in [5, 5.41) is 12.1. The number of nitrogen functional groups attached to an aromatic ring is 1. The van der Waals surface area contributed by atoms with Crippen LogP contribution in [0.5, 0.6) is 0 Å². The third-order valence-corrected chi connectivity index (χ3v) is 3.25. The van der Waals surface area contributed by atoms with Gasteiger partial charge in [-0.05, 0) is 38.1 Å². The van der Waals surface area contributed by atoms with Gasteiger partial charge in [-0.3, -0.25) is 0 Å². The van der Waals surface area contributed by atoms with Crippen LogP contribution in [-0.2, 0) is 0 Å². The number of rotatable bonds is 6. The van der Waals surface area contributed by atoms with Crippen LogP contribution in [0, 0.1) is 0 Å². The van der Waals surface area contributed by atoms with Gasteiger partial charge in [0.25, 0.3) is 0 Å². The predicted molar refractivity (Wildman–Crippen MR) is 72.0 cm³/mol. The molecule has 0 bridgehead atoms. The molecule has 0 spiro atoms. The highest BCUT2D eigenvalue weighted by Gasteiger charge is 2.25. The molecule has 5 heteroatoms. The summed E-state index contributed by atoms with van der Waals surface area (Å²) in [5.41, 5.74) is 7.30. The van der Waals surface area contributed by atoms with Crippen molar-refractivity contribution in [2.75, 3.05) is 31.2 Å². The monoisotopic (exact) mass is 249 g/mol. The molecule has 0 unspecified atom stereocenters. The lowest BCUT2D eigenvalue weighted by Crippen LogP contribution is -2.27. The van der Waals surface area contributed by atoms with Crippen molar-refractivity contribution in [2.45, 2.75) is 18.9 Å². The fraction of sp³-hybridized carbons (Fsp3) is 0.462. The second-order valence-corrected chi connectivity index (χ2v) is 4.75. The molecule has 18 heavy (non-hydrogen) atoms. The average molecular weight is 249 g/mol. The van der Waals surface area contributed by atoms with Crippen molar-refractivity contribution in [3.8, 4) is 0 Å². The Kier molecular flexibility index (Phi) is 3.72. The summed E-state index contributed by atoms with van der Waals surface area (Å²) >= 11 is 0. The van der Waals surface area contributed by atoms with Crippen LogP contribution in [0.2, 0.25) is 0 Å². The lowest BCUT2D eigenvalue weighted by atomic mass is 10.2. The smallest absolute Gasteiger partial charge is 0.335 e. The first-order chi connectivity index (χ1) is 8.58. The second kappa shape index (κ2) is 5.27. The minimum atomic E-state index is -0.957. The van der Waals surface area contributed by atoms with Gasteiger partial charge in [0, 0.05) is 19.1 Å². The van der Waals surface area contributed by atoms with E-state index < -0.39 is 5.97 Å². The predicted octanol–water partition coefficient (Wildman–Crippen LogP) is 1.47. The minimum absolute atomic E-state index is 0.216. The summed E-state index contributed by atoms with van der Waals surface area (Å²) in [4.78, 5) is 13.1. The Morgan fingerprint density at radius 3 is 2.83 bits per heavy atom. The number of carboxylic acids is 1. The largest absolute Gasteiger partial charge is 0.478 e. The number of likely N-dealkylation sites (N-methyl/N-ethyl adjacent to an activating group) is 1. The fourth-order valence-corrected chi connectivity index (χ4v) is 1.92. The Balaban J connectivity index is 1.86. The summed E-state index contributed by atoms with van der Waals surface area (Å²) in [7, 11) is 2.12. The molecule has 1 fully saturated rings. The lowest BCUT2D eigenvalue weighted by molar-refractivity contribution is 0.0697. The van der Waals surface area contributed by atoms with Crippen LogP contribution in [0.25, 0.3) is 0 Å². The molecule has 1 aromatic carbocycles. The van der Waals surface area contributed by atoms with E-state index in [-0.39, 0.29) is 5.56 Å². The van der Waals surface area contributed by atoms with Crippen molar-refractivity contribution in [1.29, 1.82) is 0 Å². The van der Waals surface area contributed by atoms with Crippen LogP contribution < -0.4 is 11.1 Å². The highest BCUT2D eigenvalue weighted by molar-refractivity contribution is 5.90. The van der Waals surface area contributed by atoms with Crippen LogP contribution in [0.4, 0.5) is 11.4 Å². The van der Waals surface area contributed by atoms with Gasteiger partial charge in [0.2, 0.25) is 0 Å². The second-order valence-electron chi connectivity index (χ2n) is 4.75. The van der Waals surface area contributed by atoms with Crippen LogP contribution >= 0.6 is 0 Å². The Morgan fingerprint density at radius 2 is 2.28 bits per heavy atom. The van der Waals surface area contributed by atoms with Gasteiger partial charge in [0.15, 0.2) is 0 Å². The zero-order valence-electron chi connectivity index (χ0n) is 10.5. The molecule has 0 atom stereocenters. The molecule has 1 aliphatic rings. The third kappa shape index (κ3) is 3.13. The molecule has 0 aromatic heterocycles. The van der Waals surface area contributed by atoms with Gasteiger partial charge in [0.1, 0.15) is 0 Å². The summed E-state index contributed by atoms with van der Waals surface area (Å²) in [6, 6.07) is 5.51. The first-order valence-electron chi connectivity index (χ1n) is 6.15. The molecule has 0 aliphatic heterocycles. The molecule has 1 aliphatic carbocycles. The molecular weight excluding hydrogens is 230 g/mol. The zero-order chi connectivity index (χ0) is 13.1. The van der Waals surface area contributed by atoms with E-state index in [1.54, 1.807) is 12.1 Å². The molecule has 1 aromatic rings. The summed E-state index contributed by atoms with van der Waals surface area (Å²) in [5.74, 6) is -0.957. The minimum Gasteiger partial charge on any atom is -0.478 e. The Labute approximate surface area is 107 Å². The van der Waals surface area contributed by atoms with Crippen molar-refractivity contribution in [2.24, 2.45) is 0 Å². The van der Waals surface area contributed by atoms with Gasteiger partial charge in [-0.2, -0.15) is 0 Å². The molecule has 0 radical (unpaired) electrons. The van der Waals surface area contributed by atoms with E-state index in [2.05, 4.69) is 17.3 Å². The van der Waals surface area contributed by atoms with Crippen molar-refractivity contribution in [3.05, 3.63) is 23.8 Å². The van der Waals surface area contributed by atoms with Crippen LogP contribution in [0.1, 0.15) is 23.2 Å². The lowest BCUT2D eigenvalue weighted by Gasteiger charge is -2.17. The first-order valence-corrected chi connectivity index (χ1v) is 6.15. The van der Waals surface area contributed by atoms with Gasteiger partial charge in [-0.1, -0.05) is 0 Å². The number of benzene rings is 1. The molecule has 2 rings (SSSR count). The van der Waals surface area contributed by atoms with Crippen molar-refractivity contribution >= 4 is 17.3 Å². The number of nitrogens with one attached hydrogen (secondary N) is 1. The number of aromatic carboxylic acids is 1. The maximum atomic E-state index is 10.8. The number of carbonyl (C=O) groups is 1. The molecule has 4 N–H and O–H groups in total. The fourth-order valence-electron chi connectivity index (χ4n) is 1.92. The van der Waals surface area contributed by atoms with Gasteiger partial charge in [-0.25, -0.2) is 4.79 Å². The zero-order valence-corrected chi connectivity index (χ0v) is 10.5. The first kappa shape index (κ1) is 12.7. The molecular formula is C13H19N3O2. The number of hydrogen-bond donors (Lipinski definition) is 3. The molecule has 5 nitrogen and oxygen atoms in total. The molecule has 0 heterocycles. The number of anilines is 2. The van der Waals surface area contributed by atoms with Crippen molar-refractivity contribution in [1.82, 2.24) is 4.90 Å². The molecule has 0 amide bonds. The van der Waals surface area contributed by atoms with E-state index in [4.69, 9.17) is 10.8 Å². The maximum Gasteiger partial charge on any atom is 0.335 e. The number of hydrogen-bond acceptors (Lipinski definition) is 4. The number of nitrogens with zero attached hydrogens (tertiary/aromatic N) is 1. The SMILES string of the molecule is CN(CCNc1ccc(C(=O)O)cc1N)C1CC1. The van der Waals surface area contributed by atoms with Crippen molar-refractivity contribution in [3.63, 3.8) is 0 Å². The summed E-state index contributed by atoms with van der Waals surface area (Å²) < 4.78 is 0. The van der Waals surface area contributed by atoms with Crippen LogP contribution in [0.15, 0.2) is 18.2 Å². The number of carboxylic acid groups (broad SMARTS) is 1. The van der Waals surface area contributed by atoms with Gasteiger partial charge in [-0.15, -0.1) is 0 Å². The van der Waals surface area contributed by atoms with Gasteiger partial charge < -0.3 is 21.1 Å². The van der Waals surface area contributed by atoms with E-state index >= 15 is 0 Å². The molecule has 0 saturated heterocycles. The molecule has 98 valence electrons. The number of nitrogens with two attached hydrogens (primary N) is 1. The Morgan fingerprint density at radius 1 is 1.56 bits per heavy atom.